The molecule has 0 radical (unpaired) electrons. The van der Waals surface area contributed by atoms with Gasteiger partial charge in [0.2, 0.25) is 11.8 Å². The van der Waals surface area contributed by atoms with Crippen molar-refractivity contribution in [2.24, 2.45) is 33.2 Å². The van der Waals surface area contributed by atoms with Crippen LogP contribution in [0.15, 0.2) is 16.8 Å². The Morgan fingerprint density at radius 1 is 1.32 bits per heavy atom. The second kappa shape index (κ2) is 11.0. The van der Waals surface area contributed by atoms with E-state index in [9.17, 15) is 14.0 Å². The van der Waals surface area contributed by atoms with Gasteiger partial charge in [0.25, 0.3) is 0 Å². The zero-order valence-electron chi connectivity index (χ0n) is 22.3. The van der Waals surface area contributed by atoms with Crippen molar-refractivity contribution in [3.05, 3.63) is 11.8 Å². The van der Waals surface area contributed by atoms with Crippen LogP contribution in [0.25, 0.3) is 0 Å². The van der Waals surface area contributed by atoms with E-state index in [-0.39, 0.29) is 29.8 Å². The van der Waals surface area contributed by atoms with E-state index in [4.69, 9.17) is 11.5 Å². The summed E-state index contributed by atoms with van der Waals surface area (Å²) in [6.07, 6.45) is 3.81. The summed E-state index contributed by atoms with van der Waals surface area (Å²) < 4.78 is 30.0. The van der Waals surface area contributed by atoms with Gasteiger partial charge in [-0.1, -0.05) is 32.8 Å². The molecular weight excluding hydrogens is 480 g/mol. The van der Waals surface area contributed by atoms with Gasteiger partial charge in [0, 0.05) is 39.4 Å². The summed E-state index contributed by atoms with van der Waals surface area (Å²) in [5.41, 5.74) is 12.2. The number of carbonyl (C=O) groups excluding carboxylic acids is 2. The number of hydrogen-bond acceptors (Lipinski definition) is 7. The molecule has 7 unspecified atom stereocenters. The Labute approximate surface area is 218 Å². The molecule has 1 aliphatic carbocycles. The fraction of sp³-hybridized carbons (Fsp3) is 0.808. The Morgan fingerprint density at radius 3 is 2.76 bits per heavy atom. The Morgan fingerprint density at radius 2 is 2.08 bits per heavy atom. The topological polar surface area (TPSA) is 129 Å². The number of piperidine rings is 1. The van der Waals surface area contributed by atoms with Crippen molar-refractivity contribution in [2.75, 3.05) is 39.8 Å². The number of allylic oxidation sites excluding steroid dienone is 1. The molecule has 6 N–H and O–H groups in total. The molecule has 0 aromatic carbocycles. The minimum absolute atomic E-state index is 0.0800. The molecule has 4 aliphatic rings. The molecular formula is C26H43F2N7O2. The van der Waals surface area contributed by atoms with Crippen molar-refractivity contribution in [3.63, 3.8) is 0 Å². The van der Waals surface area contributed by atoms with Crippen molar-refractivity contribution < 1.29 is 18.4 Å². The monoisotopic (exact) mass is 523 g/mol. The summed E-state index contributed by atoms with van der Waals surface area (Å²) in [5, 5.41) is 6.00. The molecule has 2 saturated heterocycles. The van der Waals surface area contributed by atoms with Crippen LogP contribution >= 0.6 is 0 Å². The zero-order valence-corrected chi connectivity index (χ0v) is 22.3. The van der Waals surface area contributed by atoms with Crippen molar-refractivity contribution in [1.82, 2.24) is 20.4 Å². The van der Waals surface area contributed by atoms with Gasteiger partial charge in [-0.15, -0.1) is 0 Å². The highest BCUT2D eigenvalue weighted by molar-refractivity contribution is 5.83. The van der Waals surface area contributed by atoms with Gasteiger partial charge >= 0.3 is 0 Å². The zero-order chi connectivity index (χ0) is 27.0. The lowest BCUT2D eigenvalue weighted by Gasteiger charge is -2.45. The van der Waals surface area contributed by atoms with Crippen molar-refractivity contribution in [1.29, 1.82) is 0 Å². The van der Waals surface area contributed by atoms with E-state index in [1.54, 1.807) is 11.9 Å². The highest BCUT2D eigenvalue weighted by Crippen LogP contribution is 2.70. The highest BCUT2D eigenvalue weighted by atomic mass is 19.1. The number of carbonyl (C=O) groups is 2. The van der Waals surface area contributed by atoms with Crippen LogP contribution in [0.2, 0.25) is 0 Å². The average molecular weight is 524 g/mol. The number of alkyl halides is 2. The van der Waals surface area contributed by atoms with Crippen LogP contribution in [0.3, 0.4) is 0 Å². The van der Waals surface area contributed by atoms with E-state index < -0.39 is 42.4 Å². The summed E-state index contributed by atoms with van der Waals surface area (Å²) in [7, 11) is 1.73. The van der Waals surface area contributed by atoms with Gasteiger partial charge in [-0.05, 0) is 30.1 Å². The molecule has 0 aromatic heterocycles. The maximum atomic E-state index is 15.2. The van der Waals surface area contributed by atoms with Gasteiger partial charge in [0.05, 0.1) is 30.5 Å². The number of unbranched alkanes of at least 4 members (excludes halogenated alkanes) is 1. The quantitative estimate of drug-likeness (QED) is 0.347. The van der Waals surface area contributed by atoms with Gasteiger partial charge in [0.1, 0.15) is 18.3 Å². The smallest absolute Gasteiger partial charge is 0.236 e. The van der Waals surface area contributed by atoms with Gasteiger partial charge < -0.3 is 27.0 Å². The molecule has 2 amide bonds. The lowest BCUT2D eigenvalue weighted by molar-refractivity contribution is -0.137. The average Bonchev–Trinajstić information content (AvgIpc) is 3.37. The van der Waals surface area contributed by atoms with Crippen LogP contribution in [-0.2, 0) is 9.59 Å². The SMILES string of the molecule is CCCCC12/C=C(/C(C(=O)NC3CNCC(F)C3N3CCN(C)C(=O)C3)C(N)N)N=CC(F)CC1(C)C2. The predicted octanol–water partition coefficient (Wildman–Crippen LogP) is 0.698. The van der Waals surface area contributed by atoms with E-state index >= 15 is 4.39 Å². The van der Waals surface area contributed by atoms with E-state index in [0.29, 0.717) is 31.8 Å². The summed E-state index contributed by atoms with van der Waals surface area (Å²) in [6.45, 7) is 5.81. The Hall–Kier alpha value is -1.95. The molecule has 9 nitrogen and oxygen atoms in total. The number of fused-ring (bicyclic) bond motifs is 1. The first kappa shape index (κ1) is 28.1. The molecule has 1 saturated carbocycles. The number of likely N-dealkylation sites (N-methyl/N-ethyl adjacent to an activating group) is 1. The van der Waals surface area contributed by atoms with Crippen molar-refractivity contribution in [3.8, 4) is 0 Å². The number of hydrogen-bond donors (Lipinski definition) is 4. The summed E-state index contributed by atoms with van der Waals surface area (Å²) in [6, 6.07) is -1.26. The van der Waals surface area contributed by atoms with E-state index in [1.165, 1.54) is 6.21 Å². The van der Waals surface area contributed by atoms with Gasteiger partial charge in [-0.3, -0.25) is 19.5 Å². The third kappa shape index (κ3) is 5.74. The minimum atomic E-state index is -1.27. The number of amides is 2. The second-order valence-electron chi connectivity index (χ2n) is 11.7. The fourth-order valence-electron chi connectivity index (χ4n) is 6.55. The summed E-state index contributed by atoms with van der Waals surface area (Å²) in [4.78, 5) is 33.8. The number of aliphatic imine (C=N–C) groups is 1. The number of nitrogens with one attached hydrogen (secondary N) is 2. The molecule has 7 atom stereocenters. The minimum Gasteiger partial charge on any atom is -0.350 e. The maximum absolute atomic E-state index is 15.2. The third-order valence-corrected chi connectivity index (χ3v) is 8.92. The Balaban J connectivity index is 1.58. The molecule has 3 aliphatic heterocycles. The first-order valence-corrected chi connectivity index (χ1v) is 13.6. The molecule has 11 heteroatoms. The van der Waals surface area contributed by atoms with Crippen LogP contribution in [0.1, 0.15) is 46.0 Å². The van der Waals surface area contributed by atoms with Gasteiger partial charge in [-0.2, -0.15) is 0 Å². The van der Waals surface area contributed by atoms with Gasteiger partial charge in [0.15, 0.2) is 0 Å². The van der Waals surface area contributed by atoms with Crippen LogP contribution in [0.5, 0.6) is 0 Å². The number of halogens is 2. The largest absolute Gasteiger partial charge is 0.350 e. The number of piperazine rings is 1. The first-order valence-electron chi connectivity index (χ1n) is 13.6. The third-order valence-electron chi connectivity index (χ3n) is 8.92. The van der Waals surface area contributed by atoms with E-state index in [2.05, 4.69) is 29.5 Å². The van der Waals surface area contributed by atoms with Crippen LogP contribution < -0.4 is 22.1 Å². The molecule has 3 heterocycles. The molecule has 0 spiro atoms. The molecule has 0 bridgehead atoms. The van der Waals surface area contributed by atoms with Crippen LogP contribution in [-0.4, -0.2) is 98.2 Å². The normalized spacial score (nSPS) is 38.9. The first-order chi connectivity index (χ1) is 17.5. The summed E-state index contributed by atoms with van der Waals surface area (Å²) in [5.74, 6) is -1.56. The molecule has 4 rings (SSSR count). The molecule has 37 heavy (non-hydrogen) atoms. The predicted molar refractivity (Wildman–Crippen MR) is 139 cm³/mol. The second-order valence-corrected chi connectivity index (χ2v) is 11.7. The lowest BCUT2D eigenvalue weighted by Crippen LogP contribution is -2.68. The van der Waals surface area contributed by atoms with Crippen LogP contribution in [0, 0.1) is 16.7 Å². The maximum Gasteiger partial charge on any atom is 0.236 e. The lowest BCUT2D eigenvalue weighted by atomic mass is 9.82. The van der Waals surface area contributed by atoms with Crippen molar-refractivity contribution >= 4 is 18.0 Å². The van der Waals surface area contributed by atoms with Gasteiger partial charge in [-0.25, -0.2) is 8.78 Å². The number of nitrogens with zero attached hydrogens (tertiary/aromatic N) is 3. The number of rotatable bonds is 8. The fourth-order valence-corrected chi connectivity index (χ4v) is 6.55. The standard InChI is InChI=1S/C26H43F2N7O2/c1-4-5-6-26-10-18(32-11-16(27)9-25(26,2)15-26)21(23(29)30)24(37)33-19-13-31-12-17(28)22(19)35-8-7-34(3)20(36)14-35/h10-11,16-17,19,21-23,31H,4-9,12-15,29-30H2,1-3H3,(H,33,37)/b18-10-,32-11?. The molecule has 0 aromatic rings. The van der Waals surface area contributed by atoms with E-state index in [0.717, 1.165) is 25.7 Å². The Bertz CT molecular complexity index is 931. The van der Waals surface area contributed by atoms with E-state index in [1.807, 2.05) is 11.0 Å². The molecule has 3 fully saturated rings. The molecule has 208 valence electrons. The highest BCUT2D eigenvalue weighted by Gasteiger charge is 2.63. The number of nitrogens with two attached hydrogens (primary N) is 2. The summed E-state index contributed by atoms with van der Waals surface area (Å²) >= 11 is 0. The van der Waals surface area contributed by atoms with Crippen molar-refractivity contribution in [2.45, 2.75) is 76.5 Å². The van der Waals surface area contributed by atoms with Crippen LogP contribution in [0.4, 0.5) is 8.78 Å². The Kier molecular flexibility index (Phi) is 8.37.